The van der Waals surface area contributed by atoms with Crippen LogP contribution in [0.1, 0.15) is 42.6 Å². The van der Waals surface area contributed by atoms with Crippen LogP contribution in [0, 0.1) is 17.6 Å². The molecule has 1 aromatic carbocycles. The predicted molar refractivity (Wildman–Crippen MR) is 107 cm³/mol. The lowest BCUT2D eigenvalue weighted by Crippen LogP contribution is -2.25. The Bertz CT molecular complexity index is 1000. The van der Waals surface area contributed by atoms with Crippen molar-refractivity contribution in [2.75, 3.05) is 29.5 Å². The minimum Gasteiger partial charge on any atom is -0.477 e. The fourth-order valence-electron chi connectivity index (χ4n) is 3.97. The van der Waals surface area contributed by atoms with E-state index in [4.69, 9.17) is 0 Å². The third kappa shape index (κ3) is 3.27. The molecular weight excluding hydrogens is 386 g/mol. The zero-order valence-corrected chi connectivity index (χ0v) is 16.4. The van der Waals surface area contributed by atoms with Gasteiger partial charge in [-0.05, 0) is 42.8 Å². The highest BCUT2D eigenvalue weighted by Crippen LogP contribution is 2.40. The first kappa shape index (κ1) is 19.2. The Kier molecular flexibility index (Phi) is 5.07. The number of nitrogens with zero attached hydrogens (tertiary/aromatic N) is 2. The number of carboxylic acids is 1. The second-order valence-electron chi connectivity index (χ2n) is 7.49. The van der Waals surface area contributed by atoms with Gasteiger partial charge in [0, 0.05) is 25.3 Å². The van der Waals surface area contributed by atoms with E-state index in [0.717, 1.165) is 36.8 Å². The number of aromatic carboxylic acids is 1. The molecule has 1 aromatic heterocycles. The van der Waals surface area contributed by atoms with E-state index in [0.29, 0.717) is 19.0 Å². The molecule has 0 spiro atoms. The van der Waals surface area contributed by atoms with Gasteiger partial charge in [0.1, 0.15) is 17.1 Å². The molecule has 2 heterocycles. The molecule has 0 amide bonds. The molecule has 1 atom stereocenters. The molecule has 8 heteroatoms. The lowest BCUT2D eigenvalue weighted by Gasteiger charge is -2.22. The summed E-state index contributed by atoms with van der Waals surface area (Å²) < 4.78 is 31.9. The molecular formula is C20H22F2N2O3S. The topological polar surface area (TPSA) is 62.5 Å². The molecule has 2 fully saturated rings. The zero-order chi connectivity index (χ0) is 20.0. The number of thioether (sulfide) groups is 1. The summed E-state index contributed by atoms with van der Waals surface area (Å²) >= 11 is 1.82. The second kappa shape index (κ2) is 7.39. The van der Waals surface area contributed by atoms with Crippen molar-refractivity contribution in [1.29, 1.82) is 0 Å². The number of rotatable bonds is 6. The van der Waals surface area contributed by atoms with E-state index < -0.39 is 28.6 Å². The lowest BCUT2D eigenvalue weighted by atomic mass is 10.1. The molecule has 1 saturated heterocycles. The van der Waals surface area contributed by atoms with Crippen LogP contribution < -0.4 is 10.3 Å². The summed E-state index contributed by atoms with van der Waals surface area (Å²) in [5, 5.41) is 9.10. The Hall–Kier alpha value is -2.09. The van der Waals surface area contributed by atoms with Crippen LogP contribution in [-0.4, -0.2) is 40.2 Å². The van der Waals surface area contributed by atoms with Crippen LogP contribution in [0.15, 0.2) is 17.1 Å². The molecule has 1 N–H and O–H groups in total. The van der Waals surface area contributed by atoms with Crippen LogP contribution in [0.25, 0.3) is 10.9 Å². The van der Waals surface area contributed by atoms with E-state index in [1.165, 1.54) is 10.8 Å². The maximum absolute atomic E-state index is 15.5. The first-order chi connectivity index (χ1) is 13.4. The summed E-state index contributed by atoms with van der Waals surface area (Å²) in [5.41, 5.74) is -1.39. The van der Waals surface area contributed by atoms with Crippen molar-refractivity contribution in [2.45, 2.75) is 32.2 Å². The molecule has 1 unspecified atom stereocenters. The van der Waals surface area contributed by atoms with Gasteiger partial charge in [-0.25, -0.2) is 13.6 Å². The van der Waals surface area contributed by atoms with Crippen molar-refractivity contribution < 1.29 is 18.7 Å². The molecule has 2 aliphatic rings. The van der Waals surface area contributed by atoms with Gasteiger partial charge < -0.3 is 14.6 Å². The molecule has 0 radical (unpaired) electrons. The fourth-order valence-corrected chi connectivity index (χ4v) is 4.81. The number of fused-ring (bicyclic) bond motifs is 1. The number of anilines is 1. The fraction of sp³-hybridized carbons (Fsp3) is 0.500. The van der Waals surface area contributed by atoms with E-state index in [9.17, 15) is 19.1 Å². The van der Waals surface area contributed by atoms with Crippen molar-refractivity contribution in [3.8, 4) is 0 Å². The highest BCUT2D eigenvalue weighted by Gasteiger charge is 2.32. The second-order valence-corrected chi connectivity index (χ2v) is 8.81. The average molecular weight is 408 g/mol. The maximum atomic E-state index is 15.5. The van der Waals surface area contributed by atoms with Crippen LogP contribution in [0.4, 0.5) is 14.5 Å². The van der Waals surface area contributed by atoms with Crippen LogP contribution in [0.3, 0.4) is 0 Å². The number of halogens is 2. The van der Waals surface area contributed by atoms with Gasteiger partial charge in [-0.2, -0.15) is 11.8 Å². The van der Waals surface area contributed by atoms with E-state index in [-0.39, 0.29) is 22.6 Å². The summed E-state index contributed by atoms with van der Waals surface area (Å²) in [6, 6.07) is 0.955. The predicted octanol–water partition coefficient (Wildman–Crippen LogP) is 3.89. The average Bonchev–Trinajstić information content (AvgIpc) is 3.39. The minimum atomic E-state index is -1.39. The number of pyridine rings is 1. The Morgan fingerprint density at radius 2 is 2.07 bits per heavy atom. The molecule has 5 nitrogen and oxygen atoms in total. The van der Waals surface area contributed by atoms with Crippen LogP contribution in [0.5, 0.6) is 0 Å². The van der Waals surface area contributed by atoms with Gasteiger partial charge in [0.25, 0.3) is 0 Å². The Morgan fingerprint density at radius 3 is 2.71 bits per heavy atom. The molecule has 1 aliphatic heterocycles. The number of carboxylic acid groups (broad SMARTS) is 1. The van der Waals surface area contributed by atoms with Gasteiger partial charge >= 0.3 is 5.97 Å². The van der Waals surface area contributed by atoms with Crippen molar-refractivity contribution >= 4 is 34.3 Å². The van der Waals surface area contributed by atoms with E-state index in [1.54, 1.807) is 4.90 Å². The number of carbonyl (C=O) groups is 1. The molecule has 28 heavy (non-hydrogen) atoms. The lowest BCUT2D eigenvalue weighted by molar-refractivity contribution is 0.0695. The third-order valence-corrected chi connectivity index (χ3v) is 6.63. The molecule has 150 valence electrons. The molecule has 1 saturated carbocycles. The summed E-state index contributed by atoms with van der Waals surface area (Å²) in [6.45, 7) is 3.23. The Balaban J connectivity index is 1.84. The zero-order valence-electron chi connectivity index (χ0n) is 15.6. The normalized spacial score (nSPS) is 19.5. The third-order valence-electron chi connectivity index (χ3n) is 5.51. The highest BCUT2D eigenvalue weighted by molar-refractivity contribution is 7.99. The quantitative estimate of drug-likeness (QED) is 0.786. The monoisotopic (exact) mass is 408 g/mol. The minimum absolute atomic E-state index is 0.0142. The summed E-state index contributed by atoms with van der Waals surface area (Å²) in [7, 11) is 0. The van der Waals surface area contributed by atoms with Crippen molar-refractivity contribution in [2.24, 2.45) is 5.92 Å². The Morgan fingerprint density at radius 1 is 1.32 bits per heavy atom. The molecule has 2 aromatic rings. The summed E-state index contributed by atoms with van der Waals surface area (Å²) in [6.07, 6.45) is 3.64. The first-order valence-electron chi connectivity index (χ1n) is 9.55. The van der Waals surface area contributed by atoms with Crippen LogP contribution in [-0.2, 0) is 0 Å². The molecule has 1 aliphatic carbocycles. The number of hydrogen-bond acceptors (Lipinski definition) is 4. The van der Waals surface area contributed by atoms with Gasteiger partial charge in [0.2, 0.25) is 5.43 Å². The van der Waals surface area contributed by atoms with Gasteiger partial charge in [-0.1, -0.05) is 6.92 Å². The van der Waals surface area contributed by atoms with Crippen LogP contribution in [0.2, 0.25) is 0 Å². The van der Waals surface area contributed by atoms with Gasteiger partial charge in [0.05, 0.1) is 10.9 Å². The van der Waals surface area contributed by atoms with Crippen molar-refractivity contribution in [3.63, 3.8) is 0 Å². The first-order valence-corrected chi connectivity index (χ1v) is 10.7. The maximum Gasteiger partial charge on any atom is 0.341 e. The Labute approximate surface area is 165 Å². The van der Waals surface area contributed by atoms with E-state index in [1.807, 2.05) is 11.8 Å². The van der Waals surface area contributed by atoms with Gasteiger partial charge in [0.15, 0.2) is 5.82 Å². The summed E-state index contributed by atoms with van der Waals surface area (Å²) in [4.78, 5) is 25.7. The van der Waals surface area contributed by atoms with Crippen molar-refractivity contribution in [3.05, 3.63) is 39.7 Å². The standard InChI is InChI=1S/C20H22F2N2O3S/c1-2-28-10-11-5-6-23(8-11)18-15(21)7-13-17(16(18)22)24(12-3-4-12)9-14(19(13)25)20(26)27/h7,9,11-12H,2-6,8,10H2,1H3,(H,26,27). The highest BCUT2D eigenvalue weighted by atomic mass is 32.2. The number of aromatic nitrogens is 1. The van der Waals surface area contributed by atoms with Crippen molar-refractivity contribution in [1.82, 2.24) is 4.57 Å². The van der Waals surface area contributed by atoms with E-state index >= 15 is 4.39 Å². The molecule has 0 bridgehead atoms. The largest absolute Gasteiger partial charge is 0.477 e. The summed E-state index contributed by atoms with van der Waals surface area (Å²) in [5.74, 6) is -0.621. The smallest absolute Gasteiger partial charge is 0.341 e. The van der Waals surface area contributed by atoms with Crippen LogP contribution >= 0.6 is 11.8 Å². The number of hydrogen-bond donors (Lipinski definition) is 1. The van der Waals surface area contributed by atoms with Gasteiger partial charge in [-0.15, -0.1) is 0 Å². The number of benzene rings is 1. The van der Waals surface area contributed by atoms with Gasteiger partial charge in [-0.3, -0.25) is 4.79 Å². The molecule has 4 rings (SSSR count). The van der Waals surface area contributed by atoms with E-state index in [2.05, 4.69) is 6.92 Å². The SMILES string of the molecule is CCSCC1CCN(c2c(F)cc3c(=O)c(C(=O)O)cn(C4CC4)c3c2F)C1.